The van der Waals surface area contributed by atoms with Crippen LogP contribution in [0.25, 0.3) is 33.6 Å². The molecule has 1 fully saturated rings. The van der Waals surface area contributed by atoms with Gasteiger partial charge in [0.2, 0.25) is 11.8 Å². The zero-order valence-corrected chi connectivity index (χ0v) is 23.7. The van der Waals surface area contributed by atoms with Crippen molar-refractivity contribution in [3.05, 3.63) is 71.2 Å². The van der Waals surface area contributed by atoms with E-state index >= 15 is 0 Å². The molecule has 2 N–H and O–H groups in total. The number of benzene rings is 2. The van der Waals surface area contributed by atoms with Gasteiger partial charge in [-0.05, 0) is 55.0 Å². The lowest BCUT2D eigenvalue weighted by molar-refractivity contribution is -0.119. The third kappa shape index (κ3) is 5.25. The summed E-state index contributed by atoms with van der Waals surface area (Å²) in [4.78, 5) is 33.4. The number of rotatable bonds is 8. The number of aryl methyl sites for hydroxylation is 1. The van der Waals surface area contributed by atoms with Crippen LogP contribution < -0.4 is 15.4 Å². The molecule has 210 valence electrons. The van der Waals surface area contributed by atoms with E-state index in [1.807, 2.05) is 22.9 Å². The minimum atomic E-state index is 0.106. The number of nitrogens with zero attached hydrogens (tertiary/aromatic N) is 4. The van der Waals surface area contributed by atoms with Crippen LogP contribution in [0.3, 0.4) is 0 Å². The topological polar surface area (TPSA) is 111 Å². The van der Waals surface area contributed by atoms with Crippen molar-refractivity contribution in [2.24, 2.45) is 0 Å². The van der Waals surface area contributed by atoms with Crippen LogP contribution in [0.1, 0.15) is 53.0 Å². The van der Waals surface area contributed by atoms with Gasteiger partial charge >= 0.3 is 0 Å². The van der Waals surface area contributed by atoms with Crippen LogP contribution >= 0.6 is 0 Å². The lowest BCUT2D eigenvalue weighted by Gasteiger charge is -2.16. The molecule has 2 aliphatic rings. The van der Waals surface area contributed by atoms with Crippen molar-refractivity contribution in [3.63, 3.8) is 0 Å². The van der Waals surface area contributed by atoms with E-state index in [-0.39, 0.29) is 17.7 Å². The summed E-state index contributed by atoms with van der Waals surface area (Å²) in [6.45, 7) is 6.16. The highest BCUT2D eigenvalue weighted by atomic mass is 16.5. The van der Waals surface area contributed by atoms with E-state index in [9.17, 15) is 9.59 Å². The van der Waals surface area contributed by atoms with Crippen LogP contribution in [0.15, 0.2) is 48.7 Å². The fraction of sp³-hybridized carbons (Fsp3) is 0.344. The second-order valence-corrected chi connectivity index (χ2v) is 10.8. The van der Waals surface area contributed by atoms with Crippen LogP contribution in [-0.4, -0.2) is 51.1 Å². The Morgan fingerprint density at radius 1 is 1.00 bits per heavy atom. The summed E-state index contributed by atoms with van der Waals surface area (Å²) in [5.74, 6) is 0.745. The number of nitrogens with one attached hydrogen (secondary N) is 2. The Kier molecular flexibility index (Phi) is 7.36. The molecule has 1 saturated heterocycles. The Morgan fingerprint density at radius 2 is 1.71 bits per heavy atom. The standard InChI is InChI=1S/C32H34N6O3/c1-19-22(7-4-9-24(19)26-15-29-30(39)11-6-14-38(29)37-26)23-8-5-10-25(20(23)2)27-18-34-28(32(36-27)41-3)17-33-16-21-12-13-31(40)35-21/h4-5,7-10,15,18,21,33H,6,11-14,16-17H2,1-3H3,(H,35,40)/t21-/m0/s1. The maximum absolute atomic E-state index is 12.4. The molecule has 4 aromatic rings. The number of fused-ring (bicyclic) bond motifs is 1. The van der Waals surface area contributed by atoms with Crippen LogP contribution in [0.5, 0.6) is 5.88 Å². The molecule has 1 amide bonds. The molecule has 0 spiro atoms. The van der Waals surface area contributed by atoms with Gasteiger partial charge in [-0.1, -0.05) is 36.4 Å². The SMILES string of the molecule is COc1nc(-c2cccc(-c3cccc(-c4cc5n(n4)CCCC5=O)c3C)c2C)cnc1CNC[C@@H]1CCC(=O)N1. The molecular weight excluding hydrogens is 516 g/mol. The highest BCUT2D eigenvalue weighted by Crippen LogP contribution is 2.37. The van der Waals surface area contributed by atoms with Crippen molar-refractivity contribution >= 4 is 11.7 Å². The average Bonchev–Trinajstić information content (AvgIpc) is 3.60. The molecule has 0 aliphatic carbocycles. The number of methoxy groups -OCH3 is 1. The van der Waals surface area contributed by atoms with Gasteiger partial charge in [-0.15, -0.1) is 0 Å². The number of ketones is 1. The number of hydrogen-bond acceptors (Lipinski definition) is 7. The molecule has 0 radical (unpaired) electrons. The Bertz CT molecular complexity index is 1640. The molecule has 6 rings (SSSR count). The van der Waals surface area contributed by atoms with E-state index in [2.05, 4.69) is 53.7 Å². The molecule has 2 aromatic heterocycles. The van der Waals surface area contributed by atoms with E-state index in [0.717, 1.165) is 69.8 Å². The number of aromatic nitrogens is 4. The first kappa shape index (κ1) is 26.8. The van der Waals surface area contributed by atoms with Gasteiger partial charge in [0.1, 0.15) is 11.4 Å². The Hall–Kier alpha value is -4.37. The normalized spacial score (nSPS) is 16.5. The van der Waals surface area contributed by atoms with Gasteiger partial charge in [-0.2, -0.15) is 5.10 Å². The average molecular weight is 551 g/mol. The molecule has 2 aromatic carbocycles. The first-order valence-electron chi connectivity index (χ1n) is 14.1. The van der Waals surface area contributed by atoms with E-state index in [0.29, 0.717) is 37.5 Å². The number of hydrogen-bond donors (Lipinski definition) is 2. The summed E-state index contributed by atoms with van der Waals surface area (Å²) < 4.78 is 7.46. The smallest absolute Gasteiger partial charge is 0.237 e. The minimum Gasteiger partial charge on any atom is -0.480 e. The summed E-state index contributed by atoms with van der Waals surface area (Å²) in [6, 6.07) is 14.5. The molecular formula is C32H34N6O3. The van der Waals surface area contributed by atoms with Crippen LogP contribution in [-0.2, 0) is 17.9 Å². The van der Waals surface area contributed by atoms with Gasteiger partial charge < -0.3 is 15.4 Å². The maximum atomic E-state index is 12.4. The Labute approximate surface area is 239 Å². The lowest BCUT2D eigenvalue weighted by Crippen LogP contribution is -2.35. The van der Waals surface area contributed by atoms with Gasteiger partial charge in [0.15, 0.2) is 5.78 Å². The van der Waals surface area contributed by atoms with Gasteiger partial charge in [-0.25, -0.2) is 4.98 Å². The second kappa shape index (κ2) is 11.2. The molecule has 4 heterocycles. The molecule has 9 heteroatoms. The second-order valence-electron chi connectivity index (χ2n) is 10.8. The van der Waals surface area contributed by atoms with Crippen molar-refractivity contribution in [3.8, 4) is 39.5 Å². The zero-order chi connectivity index (χ0) is 28.5. The van der Waals surface area contributed by atoms with Gasteiger partial charge in [0.25, 0.3) is 0 Å². The summed E-state index contributed by atoms with van der Waals surface area (Å²) >= 11 is 0. The summed E-state index contributed by atoms with van der Waals surface area (Å²) in [5, 5.41) is 11.1. The number of carbonyl (C=O) groups excluding carboxylic acids is 2. The number of ether oxygens (including phenoxy) is 1. The first-order chi connectivity index (χ1) is 19.9. The summed E-state index contributed by atoms with van der Waals surface area (Å²) in [7, 11) is 1.61. The predicted molar refractivity (Wildman–Crippen MR) is 157 cm³/mol. The fourth-order valence-electron chi connectivity index (χ4n) is 5.88. The summed E-state index contributed by atoms with van der Waals surface area (Å²) in [6.07, 6.45) is 4.64. The van der Waals surface area contributed by atoms with Crippen molar-refractivity contribution < 1.29 is 14.3 Å². The molecule has 41 heavy (non-hydrogen) atoms. The number of Topliss-reactive ketones (excluding diaryl/α,β-unsaturated/α-hetero) is 1. The van der Waals surface area contributed by atoms with E-state index in [1.165, 1.54) is 0 Å². The van der Waals surface area contributed by atoms with Crippen LogP contribution in [0.2, 0.25) is 0 Å². The molecule has 0 saturated carbocycles. The van der Waals surface area contributed by atoms with Crippen molar-refractivity contribution in [2.45, 2.75) is 58.7 Å². The predicted octanol–water partition coefficient (Wildman–Crippen LogP) is 4.64. The quantitative estimate of drug-likeness (QED) is 0.329. The van der Waals surface area contributed by atoms with Crippen LogP contribution in [0.4, 0.5) is 0 Å². The summed E-state index contributed by atoms with van der Waals surface area (Å²) in [5.41, 5.74) is 9.41. The maximum Gasteiger partial charge on any atom is 0.237 e. The first-order valence-corrected chi connectivity index (χ1v) is 14.1. The molecule has 0 bridgehead atoms. The van der Waals surface area contributed by atoms with E-state index in [1.54, 1.807) is 13.3 Å². The zero-order valence-electron chi connectivity index (χ0n) is 23.7. The number of amides is 1. The van der Waals surface area contributed by atoms with Crippen molar-refractivity contribution in [1.29, 1.82) is 0 Å². The van der Waals surface area contributed by atoms with Gasteiger partial charge in [0.05, 0.1) is 24.7 Å². The molecule has 9 nitrogen and oxygen atoms in total. The molecule has 1 atom stereocenters. The highest BCUT2D eigenvalue weighted by Gasteiger charge is 2.23. The molecule has 0 unspecified atom stereocenters. The van der Waals surface area contributed by atoms with E-state index in [4.69, 9.17) is 14.8 Å². The van der Waals surface area contributed by atoms with Crippen LogP contribution in [0, 0.1) is 13.8 Å². The lowest BCUT2D eigenvalue weighted by atomic mass is 9.90. The van der Waals surface area contributed by atoms with Gasteiger partial charge in [-0.3, -0.25) is 19.3 Å². The van der Waals surface area contributed by atoms with Gasteiger partial charge in [0, 0.05) is 49.6 Å². The van der Waals surface area contributed by atoms with E-state index < -0.39 is 0 Å². The minimum absolute atomic E-state index is 0.106. The third-order valence-corrected chi connectivity index (χ3v) is 8.12. The fourth-order valence-corrected chi connectivity index (χ4v) is 5.88. The third-order valence-electron chi connectivity index (χ3n) is 8.12. The van der Waals surface area contributed by atoms with Crippen molar-refractivity contribution in [1.82, 2.24) is 30.4 Å². The number of carbonyl (C=O) groups is 2. The monoisotopic (exact) mass is 550 g/mol. The molecule has 2 aliphatic heterocycles. The highest BCUT2D eigenvalue weighted by molar-refractivity contribution is 5.96. The largest absolute Gasteiger partial charge is 0.480 e. The Balaban J connectivity index is 1.28. The van der Waals surface area contributed by atoms with Crippen molar-refractivity contribution in [2.75, 3.05) is 13.7 Å². The Morgan fingerprint density at radius 3 is 2.37 bits per heavy atom.